The first-order valence-corrected chi connectivity index (χ1v) is 6.57. The van der Waals surface area contributed by atoms with Crippen LogP contribution in [0.5, 0.6) is 11.5 Å². The van der Waals surface area contributed by atoms with Gasteiger partial charge in [-0.1, -0.05) is 24.6 Å². The number of allylic oxidation sites excluding steroid dienone is 1. The molecule has 0 aromatic heterocycles. The first-order chi connectivity index (χ1) is 9.11. The Labute approximate surface area is 117 Å². The molecule has 2 rings (SSSR count). The summed E-state index contributed by atoms with van der Waals surface area (Å²) in [6.07, 6.45) is 2.68. The van der Waals surface area contributed by atoms with Crippen LogP contribution in [0.1, 0.15) is 20.3 Å². The number of hydrogen-bond acceptors (Lipinski definition) is 3. The fourth-order valence-corrected chi connectivity index (χ4v) is 1.98. The zero-order valence-electron chi connectivity index (χ0n) is 11.0. The van der Waals surface area contributed by atoms with Crippen molar-refractivity contribution < 1.29 is 14.3 Å². The molecule has 102 valence electrons. The van der Waals surface area contributed by atoms with Crippen molar-refractivity contribution >= 4 is 23.2 Å². The normalized spacial score (nSPS) is 14.2. The van der Waals surface area contributed by atoms with Crippen molar-refractivity contribution in [3.05, 3.63) is 28.8 Å². The number of fused-ring (bicyclic) bond motifs is 1. The summed E-state index contributed by atoms with van der Waals surface area (Å²) in [4.78, 5) is 11.9. The number of nitrogens with one attached hydrogen (secondary N) is 1. The fourth-order valence-electron chi connectivity index (χ4n) is 1.78. The molecule has 0 spiro atoms. The second kappa shape index (κ2) is 5.97. The van der Waals surface area contributed by atoms with Crippen LogP contribution in [0.3, 0.4) is 0 Å². The van der Waals surface area contributed by atoms with Crippen molar-refractivity contribution in [3.63, 3.8) is 0 Å². The highest BCUT2D eigenvalue weighted by Gasteiger charge is 2.16. The highest BCUT2D eigenvalue weighted by molar-refractivity contribution is 6.34. The Hall–Kier alpha value is -1.68. The van der Waals surface area contributed by atoms with Crippen molar-refractivity contribution in [3.8, 4) is 11.5 Å². The van der Waals surface area contributed by atoms with E-state index in [1.54, 1.807) is 19.1 Å². The number of anilines is 1. The second-order valence-electron chi connectivity index (χ2n) is 4.23. The molecule has 0 saturated carbocycles. The van der Waals surface area contributed by atoms with Gasteiger partial charge in [0.05, 0.1) is 10.7 Å². The van der Waals surface area contributed by atoms with Crippen molar-refractivity contribution in [2.45, 2.75) is 20.3 Å². The number of benzene rings is 1. The monoisotopic (exact) mass is 281 g/mol. The third-order valence-electron chi connectivity index (χ3n) is 2.75. The van der Waals surface area contributed by atoms with Crippen LogP contribution in [0, 0.1) is 0 Å². The maximum atomic E-state index is 11.9. The third kappa shape index (κ3) is 3.20. The molecule has 0 saturated heterocycles. The Bertz CT molecular complexity index is 526. The predicted molar refractivity (Wildman–Crippen MR) is 75.1 cm³/mol. The molecule has 1 aliphatic heterocycles. The smallest absolute Gasteiger partial charge is 0.251 e. The van der Waals surface area contributed by atoms with E-state index in [0.29, 0.717) is 41.0 Å². The number of hydrogen-bond donors (Lipinski definition) is 1. The zero-order chi connectivity index (χ0) is 13.8. The van der Waals surface area contributed by atoms with Crippen LogP contribution in [0.2, 0.25) is 5.02 Å². The Balaban J connectivity index is 2.21. The van der Waals surface area contributed by atoms with Gasteiger partial charge in [0, 0.05) is 17.7 Å². The van der Waals surface area contributed by atoms with Gasteiger partial charge in [-0.2, -0.15) is 0 Å². The van der Waals surface area contributed by atoms with E-state index in [1.807, 2.05) is 13.0 Å². The molecule has 4 nitrogen and oxygen atoms in total. The molecule has 1 aliphatic rings. The first kappa shape index (κ1) is 13.7. The van der Waals surface area contributed by atoms with Crippen LogP contribution < -0.4 is 14.8 Å². The van der Waals surface area contributed by atoms with E-state index in [9.17, 15) is 4.79 Å². The summed E-state index contributed by atoms with van der Waals surface area (Å²) in [6.45, 7) is 4.75. The van der Waals surface area contributed by atoms with E-state index < -0.39 is 0 Å². The molecule has 0 aliphatic carbocycles. The van der Waals surface area contributed by atoms with Gasteiger partial charge < -0.3 is 14.8 Å². The molecule has 1 aromatic carbocycles. The van der Waals surface area contributed by atoms with Gasteiger partial charge in [-0.05, 0) is 13.3 Å². The number of rotatable bonds is 3. The van der Waals surface area contributed by atoms with Crippen LogP contribution >= 0.6 is 11.6 Å². The Morgan fingerprint density at radius 3 is 2.63 bits per heavy atom. The lowest BCUT2D eigenvalue weighted by molar-refractivity contribution is -0.112. The second-order valence-corrected chi connectivity index (χ2v) is 4.63. The van der Waals surface area contributed by atoms with Crippen molar-refractivity contribution in [2.24, 2.45) is 0 Å². The molecule has 1 heterocycles. The number of carbonyl (C=O) groups excluding carboxylic acids is 1. The molecule has 0 bridgehead atoms. The molecular weight excluding hydrogens is 266 g/mol. The molecule has 19 heavy (non-hydrogen) atoms. The minimum Gasteiger partial charge on any atom is -0.486 e. The van der Waals surface area contributed by atoms with Gasteiger partial charge in [-0.15, -0.1) is 0 Å². The Morgan fingerprint density at radius 2 is 2.00 bits per heavy atom. The molecule has 1 N–H and O–H groups in total. The van der Waals surface area contributed by atoms with E-state index in [4.69, 9.17) is 21.1 Å². The quantitative estimate of drug-likeness (QED) is 0.864. The predicted octanol–water partition coefficient (Wildman–Crippen LogP) is 3.41. The molecule has 0 unspecified atom stereocenters. The average Bonchev–Trinajstić information content (AvgIpc) is 2.39. The van der Waals surface area contributed by atoms with Crippen LogP contribution in [-0.2, 0) is 4.79 Å². The first-order valence-electron chi connectivity index (χ1n) is 6.19. The van der Waals surface area contributed by atoms with E-state index in [2.05, 4.69) is 5.32 Å². The lowest BCUT2D eigenvalue weighted by Crippen LogP contribution is -2.17. The summed E-state index contributed by atoms with van der Waals surface area (Å²) in [5.41, 5.74) is 1.19. The van der Waals surface area contributed by atoms with E-state index in [1.165, 1.54) is 0 Å². The maximum absolute atomic E-state index is 11.9. The van der Waals surface area contributed by atoms with Crippen LogP contribution in [-0.4, -0.2) is 19.1 Å². The lowest BCUT2D eigenvalue weighted by Gasteiger charge is -2.20. The largest absolute Gasteiger partial charge is 0.486 e. The molecule has 5 heteroatoms. The number of halogens is 1. The standard InChI is InChI=1S/C14H16ClNO3/c1-3-4-9(2)14(17)16-11-8-13-12(7-10(11)15)18-5-6-19-13/h4,7-8H,3,5-6H2,1-2H3,(H,16,17). The summed E-state index contributed by atoms with van der Waals surface area (Å²) in [6, 6.07) is 3.35. The molecular formula is C14H16ClNO3. The number of ether oxygens (including phenoxy) is 2. The van der Waals surface area contributed by atoms with E-state index >= 15 is 0 Å². The summed E-state index contributed by atoms with van der Waals surface area (Å²) in [5, 5.41) is 3.20. The summed E-state index contributed by atoms with van der Waals surface area (Å²) in [7, 11) is 0. The van der Waals surface area contributed by atoms with Crippen molar-refractivity contribution in [1.82, 2.24) is 0 Å². The van der Waals surface area contributed by atoms with Crippen LogP contribution in [0.15, 0.2) is 23.8 Å². The van der Waals surface area contributed by atoms with Gasteiger partial charge in [0.1, 0.15) is 13.2 Å². The Kier molecular flexibility index (Phi) is 4.32. The zero-order valence-corrected chi connectivity index (χ0v) is 11.7. The number of amides is 1. The van der Waals surface area contributed by atoms with Gasteiger partial charge in [0.2, 0.25) is 0 Å². The average molecular weight is 282 g/mol. The topological polar surface area (TPSA) is 47.6 Å². The molecule has 1 amide bonds. The fraction of sp³-hybridized carbons (Fsp3) is 0.357. The van der Waals surface area contributed by atoms with Gasteiger partial charge in [0.15, 0.2) is 11.5 Å². The molecule has 0 fully saturated rings. The van der Waals surface area contributed by atoms with Crippen molar-refractivity contribution in [1.29, 1.82) is 0 Å². The highest BCUT2D eigenvalue weighted by atomic mass is 35.5. The van der Waals surface area contributed by atoms with Crippen LogP contribution in [0.25, 0.3) is 0 Å². The third-order valence-corrected chi connectivity index (χ3v) is 3.06. The maximum Gasteiger partial charge on any atom is 0.251 e. The molecule has 0 atom stereocenters. The van der Waals surface area contributed by atoms with E-state index in [0.717, 1.165) is 6.42 Å². The summed E-state index contributed by atoms with van der Waals surface area (Å²) >= 11 is 6.12. The van der Waals surface area contributed by atoms with E-state index in [-0.39, 0.29) is 5.91 Å². The van der Waals surface area contributed by atoms with Gasteiger partial charge in [-0.25, -0.2) is 0 Å². The van der Waals surface area contributed by atoms with Crippen LogP contribution in [0.4, 0.5) is 5.69 Å². The summed E-state index contributed by atoms with van der Waals surface area (Å²) < 4.78 is 10.9. The minimum atomic E-state index is -0.166. The number of carbonyl (C=O) groups is 1. The lowest BCUT2D eigenvalue weighted by atomic mass is 10.2. The SMILES string of the molecule is CCC=C(C)C(=O)Nc1cc2c(cc1Cl)OCCO2. The van der Waals surface area contributed by atoms with Gasteiger partial charge in [0.25, 0.3) is 5.91 Å². The molecule has 0 radical (unpaired) electrons. The summed E-state index contributed by atoms with van der Waals surface area (Å²) in [5.74, 6) is 1.04. The van der Waals surface area contributed by atoms with Gasteiger partial charge in [-0.3, -0.25) is 4.79 Å². The van der Waals surface area contributed by atoms with Crippen molar-refractivity contribution in [2.75, 3.05) is 18.5 Å². The molecule has 1 aromatic rings. The Morgan fingerprint density at radius 1 is 1.37 bits per heavy atom. The minimum absolute atomic E-state index is 0.166. The highest BCUT2D eigenvalue weighted by Crippen LogP contribution is 2.38. The van der Waals surface area contributed by atoms with Gasteiger partial charge >= 0.3 is 0 Å².